The molecule has 7 nitrogen and oxygen atoms in total. The number of hydrogen-bond acceptors (Lipinski definition) is 4. The van der Waals surface area contributed by atoms with E-state index in [9.17, 15) is 24.1 Å². The number of hydrazine groups is 1. The zero-order valence-electron chi connectivity index (χ0n) is 12.0. The Morgan fingerprint density at radius 1 is 1.00 bits per heavy atom. The van der Waals surface area contributed by atoms with E-state index in [0.717, 1.165) is 6.07 Å². The molecule has 118 valence electrons. The highest BCUT2D eigenvalue weighted by atomic mass is 19.1. The van der Waals surface area contributed by atoms with E-state index in [1.807, 2.05) is 0 Å². The zero-order valence-corrected chi connectivity index (χ0v) is 12.0. The number of nitrogens with zero attached hydrogens (tertiary/aromatic N) is 1. The molecule has 0 spiro atoms. The summed E-state index contributed by atoms with van der Waals surface area (Å²) in [6.45, 7) is 1.56. The number of carbonyl (C=O) groups excluding carboxylic acids is 2. The smallest absolute Gasteiger partial charge is 0.267 e. The average Bonchev–Trinajstić information content (AvgIpc) is 2.54. The minimum atomic E-state index is -0.681. The van der Waals surface area contributed by atoms with Crippen LogP contribution in [0.1, 0.15) is 26.3 Å². The van der Waals surface area contributed by atoms with Crippen molar-refractivity contribution < 1.29 is 18.9 Å². The molecule has 2 aromatic carbocycles. The van der Waals surface area contributed by atoms with Crippen LogP contribution in [0.2, 0.25) is 0 Å². The van der Waals surface area contributed by atoms with E-state index in [-0.39, 0.29) is 16.8 Å². The highest BCUT2D eigenvalue weighted by Crippen LogP contribution is 2.12. The third-order valence-electron chi connectivity index (χ3n) is 3.06. The van der Waals surface area contributed by atoms with Crippen LogP contribution in [-0.2, 0) is 0 Å². The van der Waals surface area contributed by atoms with Crippen molar-refractivity contribution >= 4 is 17.5 Å². The molecule has 0 aliphatic carbocycles. The maximum absolute atomic E-state index is 13.4. The van der Waals surface area contributed by atoms with Crippen molar-refractivity contribution in [1.29, 1.82) is 0 Å². The maximum Gasteiger partial charge on any atom is 0.269 e. The summed E-state index contributed by atoms with van der Waals surface area (Å²) in [5, 5.41) is 10.5. The van der Waals surface area contributed by atoms with Crippen LogP contribution < -0.4 is 10.9 Å². The number of hydrogen-bond donors (Lipinski definition) is 2. The van der Waals surface area contributed by atoms with Crippen LogP contribution in [0.25, 0.3) is 0 Å². The first-order valence-corrected chi connectivity index (χ1v) is 6.50. The molecule has 0 radical (unpaired) electrons. The Morgan fingerprint density at radius 2 is 1.52 bits per heavy atom. The van der Waals surface area contributed by atoms with Gasteiger partial charge in [0.1, 0.15) is 5.82 Å². The highest BCUT2D eigenvalue weighted by Gasteiger charge is 2.12. The topological polar surface area (TPSA) is 101 Å². The van der Waals surface area contributed by atoms with E-state index in [1.54, 1.807) is 6.92 Å². The quantitative estimate of drug-likeness (QED) is 0.668. The van der Waals surface area contributed by atoms with Crippen molar-refractivity contribution in [1.82, 2.24) is 10.9 Å². The number of aryl methyl sites for hydroxylation is 1. The van der Waals surface area contributed by atoms with Gasteiger partial charge in [0, 0.05) is 23.3 Å². The normalized spacial score (nSPS) is 10.0. The van der Waals surface area contributed by atoms with Gasteiger partial charge in [0.05, 0.1) is 4.92 Å². The molecule has 0 bridgehead atoms. The van der Waals surface area contributed by atoms with Gasteiger partial charge in [-0.3, -0.25) is 30.6 Å². The third-order valence-corrected chi connectivity index (χ3v) is 3.06. The molecular formula is C15H12FN3O4. The summed E-state index contributed by atoms with van der Waals surface area (Å²) >= 11 is 0. The maximum atomic E-state index is 13.4. The Hall–Kier alpha value is -3.29. The molecule has 0 unspecified atom stereocenters. The van der Waals surface area contributed by atoms with Crippen LogP contribution >= 0.6 is 0 Å². The van der Waals surface area contributed by atoms with E-state index < -0.39 is 22.6 Å². The average molecular weight is 317 g/mol. The summed E-state index contributed by atoms with van der Waals surface area (Å²) in [5.74, 6) is -1.86. The van der Waals surface area contributed by atoms with E-state index in [2.05, 4.69) is 10.9 Å². The summed E-state index contributed by atoms with van der Waals surface area (Å²) in [5.41, 5.74) is 4.72. The minimum absolute atomic E-state index is 0.0529. The number of halogens is 1. The predicted octanol–water partition coefficient (Wildman–Crippen LogP) is 2.12. The molecule has 0 heterocycles. The van der Waals surface area contributed by atoms with Crippen LogP contribution in [0.15, 0.2) is 42.5 Å². The summed E-state index contributed by atoms with van der Waals surface area (Å²) in [4.78, 5) is 33.6. The van der Waals surface area contributed by atoms with Gasteiger partial charge in [0.15, 0.2) is 0 Å². The number of rotatable bonds is 3. The largest absolute Gasteiger partial charge is 0.269 e. The van der Waals surface area contributed by atoms with Crippen molar-refractivity contribution in [2.24, 2.45) is 0 Å². The van der Waals surface area contributed by atoms with Crippen LogP contribution in [0.4, 0.5) is 10.1 Å². The van der Waals surface area contributed by atoms with Gasteiger partial charge < -0.3 is 0 Å². The van der Waals surface area contributed by atoms with Crippen molar-refractivity contribution in [2.75, 3.05) is 0 Å². The van der Waals surface area contributed by atoms with Crippen molar-refractivity contribution in [2.45, 2.75) is 6.92 Å². The molecule has 0 atom stereocenters. The molecule has 2 aromatic rings. The molecule has 8 heteroatoms. The van der Waals surface area contributed by atoms with Crippen molar-refractivity contribution in [3.05, 3.63) is 75.1 Å². The lowest BCUT2D eigenvalue weighted by atomic mass is 10.1. The summed E-state index contributed by atoms with van der Waals surface area (Å²) in [6, 6.07) is 8.78. The van der Waals surface area contributed by atoms with Crippen molar-refractivity contribution in [3.63, 3.8) is 0 Å². The molecule has 0 aromatic heterocycles. The fourth-order valence-corrected chi connectivity index (χ4v) is 1.73. The molecule has 2 rings (SSSR count). The van der Waals surface area contributed by atoms with Gasteiger partial charge in [-0.1, -0.05) is 6.07 Å². The second kappa shape index (κ2) is 6.65. The van der Waals surface area contributed by atoms with Crippen LogP contribution in [0, 0.1) is 22.9 Å². The number of nitro benzene ring substituents is 1. The van der Waals surface area contributed by atoms with Crippen LogP contribution in [0.3, 0.4) is 0 Å². The van der Waals surface area contributed by atoms with Gasteiger partial charge in [0.2, 0.25) is 0 Å². The van der Waals surface area contributed by atoms with Gasteiger partial charge in [-0.15, -0.1) is 0 Å². The number of non-ortho nitro benzene ring substituents is 1. The van der Waals surface area contributed by atoms with Gasteiger partial charge in [-0.2, -0.15) is 0 Å². The second-order valence-electron chi connectivity index (χ2n) is 4.68. The molecule has 0 saturated carbocycles. The Bertz CT molecular complexity index is 775. The molecule has 0 saturated heterocycles. The van der Waals surface area contributed by atoms with Crippen molar-refractivity contribution in [3.8, 4) is 0 Å². The van der Waals surface area contributed by atoms with E-state index in [1.165, 1.54) is 36.4 Å². The summed E-state index contributed by atoms with van der Waals surface area (Å²) < 4.78 is 13.4. The monoisotopic (exact) mass is 317 g/mol. The van der Waals surface area contributed by atoms with Crippen LogP contribution in [-0.4, -0.2) is 16.7 Å². The number of benzene rings is 2. The van der Waals surface area contributed by atoms with Gasteiger partial charge in [-0.05, 0) is 36.8 Å². The lowest BCUT2D eigenvalue weighted by molar-refractivity contribution is -0.384. The summed E-state index contributed by atoms with van der Waals surface area (Å²) in [7, 11) is 0. The molecule has 23 heavy (non-hydrogen) atoms. The number of amides is 2. The Balaban J connectivity index is 1.99. The van der Waals surface area contributed by atoms with E-state index in [4.69, 9.17) is 0 Å². The number of carbonyl (C=O) groups is 2. The predicted molar refractivity (Wildman–Crippen MR) is 79.2 cm³/mol. The summed E-state index contributed by atoms with van der Waals surface area (Å²) in [6.07, 6.45) is 0. The first-order chi connectivity index (χ1) is 10.9. The molecule has 2 amide bonds. The Labute approximate surface area is 130 Å². The number of nitro groups is 1. The third kappa shape index (κ3) is 3.88. The fraction of sp³-hybridized carbons (Fsp3) is 0.0667. The highest BCUT2D eigenvalue weighted by molar-refractivity contribution is 5.99. The SMILES string of the molecule is Cc1ccc(C(=O)NNC(=O)c2ccc([N+](=O)[O-])cc2)cc1F. The van der Waals surface area contributed by atoms with Gasteiger partial charge in [0.25, 0.3) is 17.5 Å². The fourth-order valence-electron chi connectivity index (χ4n) is 1.73. The zero-order chi connectivity index (χ0) is 17.0. The second-order valence-corrected chi connectivity index (χ2v) is 4.68. The lowest BCUT2D eigenvalue weighted by Crippen LogP contribution is -2.41. The minimum Gasteiger partial charge on any atom is -0.267 e. The molecule has 0 aliphatic heterocycles. The van der Waals surface area contributed by atoms with Crippen LogP contribution in [0.5, 0.6) is 0 Å². The van der Waals surface area contributed by atoms with Gasteiger partial charge in [-0.25, -0.2) is 4.39 Å². The molecule has 0 aliphatic rings. The van der Waals surface area contributed by atoms with Gasteiger partial charge >= 0.3 is 0 Å². The van der Waals surface area contributed by atoms with E-state index >= 15 is 0 Å². The first kappa shape index (κ1) is 16.1. The first-order valence-electron chi connectivity index (χ1n) is 6.50. The Morgan fingerprint density at radius 3 is 2.04 bits per heavy atom. The molecule has 0 fully saturated rings. The Kier molecular flexibility index (Phi) is 4.65. The number of nitrogens with one attached hydrogen (secondary N) is 2. The standard InChI is InChI=1S/C15H12FN3O4/c1-9-2-3-11(8-13(9)16)15(21)18-17-14(20)10-4-6-12(7-5-10)19(22)23/h2-8H,1H3,(H,17,20)(H,18,21). The molecule has 2 N–H and O–H groups in total. The lowest BCUT2D eigenvalue weighted by Gasteiger charge is -2.08. The molecular weight excluding hydrogens is 305 g/mol. The van der Waals surface area contributed by atoms with E-state index in [0.29, 0.717) is 5.56 Å².